The van der Waals surface area contributed by atoms with E-state index in [2.05, 4.69) is 52.5 Å². The summed E-state index contributed by atoms with van der Waals surface area (Å²) in [5, 5.41) is 6.48. The molecule has 1 heterocycles. The van der Waals surface area contributed by atoms with Crippen LogP contribution in [-0.2, 0) is 11.2 Å². The Labute approximate surface area is 197 Å². The minimum absolute atomic E-state index is 0. The highest BCUT2D eigenvalue weighted by molar-refractivity contribution is 14.0. The van der Waals surface area contributed by atoms with Gasteiger partial charge in [0.25, 0.3) is 0 Å². The zero-order valence-corrected chi connectivity index (χ0v) is 20.8. The Morgan fingerprint density at radius 2 is 1.97 bits per heavy atom. The maximum Gasteiger partial charge on any atom is 0.234 e. The Morgan fingerprint density at radius 1 is 1.23 bits per heavy atom. The van der Waals surface area contributed by atoms with Crippen LogP contribution in [0.3, 0.4) is 0 Å². The Bertz CT molecular complexity index is 715. The lowest BCUT2D eigenvalue weighted by molar-refractivity contribution is -0.122. The first-order valence-corrected chi connectivity index (χ1v) is 10.8. The molecule has 30 heavy (non-hydrogen) atoms. The Hall–Kier alpha value is -1.55. The molecule has 168 valence electrons. The van der Waals surface area contributed by atoms with Crippen molar-refractivity contribution in [2.45, 2.75) is 39.2 Å². The number of aryl methyl sites for hydroxylation is 1. The molecule has 0 radical (unpaired) electrons. The zero-order chi connectivity index (χ0) is 20.6. The first-order chi connectivity index (χ1) is 14.1. The van der Waals surface area contributed by atoms with Crippen molar-refractivity contribution in [3.63, 3.8) is 0 Å². The number of nitrogens with one attached hydrogen (secondary N) is 2. The largest absolute Gasteiger partial charge is 0.496 e. The van der Waals surface area contributed by atoms with Crippen molar-refractivity contribution >= 4 is 35.8 Å². The average Bonchev–Trinajstić information content (AvgIpc) is 3.53. The van der Waals surface area contributed by atoms with Gasteiger partial charge in [0.2, 0.25) is 5.91 Å². The fraction of sp³-hybridized carbons (Fsp3) is 0.636. The number of aliphatic imine (C=N–C) groups is 1. The second-order valence-corrected chi connectivity index (χ2v) is 7.89. The first-order valence-electron chi connectivity index (χ1n) is 10.8. The standard InChI is InChI=1S/C22H35N5O2.HI/c1-4-23-22(24-10-9-18-6-5-17(2)20(15-18)29-3)27-13-11-26(12-14-27)16-21(28)25-19-7-8-19;/h5-6,15,19H,4,7-14,16H2,1-3H3,(H,23,24)(H,25,28);1H. The Kier molecular flexibility index (Phi) is 10.2. The summed E-state index contributed by atoms with van der Waals surface area (Å²) < 4.78 is 5.42. The highest BCUT2D eigenvalue weighted by atomic mass is 127. The quantitative estimate of drug-likeness (QED) is 0.307. The number of nitrogens with zero attached hydrogens (tertiary/aromatic N) is 3. The van der Waals surface area contributed by atoms with Crippen molar-refractivity contribution in [1.82, 2.24) is 20.4 Å². The second-order valence-electron chi connectivity index (χ2n) is 7.89. The molecule has 2 aliphatic rings. The van der Waals surface area contributed by atoms with Gasteiger partial charge in [-0.2, -0.15) is 0 Å². The fourth-order valence-corrected chi connectivity index (χ4v) is 3.56. The lowest BCUT2D eigenvalue weighted by Gasteiger charge is -2.36. The summed E-state index contributed by atoms with van der Waals surface area (Å²) in [6.45, 7) is 9.79. The average molecular weight is 529 g/mol. The maximum absolute atomic E-state index is 12.0. The molecule has 0 spiro atoms. The van der Waals surface area contributed by atoms with Gasteiger partial charge in [0.15, 0.2) is 5.96 Å². The second kappa shape index (κ2) is 12.3. The van der Waals surface area contributed by atoms with Gasteiger partial charge < -0.3 is 20.3 Å². The molecule has 0 atom stereocenters. The molecular weight excluding hydrogens is 493 g/mol. The molecule has 1 saturated carbocycles. The van der Waals surface area contributed by atoms with Gasteiger partial charge in [-0.3, -0.25) is 14.7 Å². The van der Waals surface area contributed by atoms with Crippen LogP contribution in [-0.4, -0.2) is 80.6 Å². The minimum atomic E-state index is 0. The van der Waals surface area contributed by atoms with Crippen LogP contribution >= 0.6 is 24.0 Å². The molecule has 1 amide bonds. The van der Waals surface area contributed by atoms with Gasteiger partial charge in [-0.25, -0.2) is 0 Å². The van der Waals surface area contributed by atoms with Gasteiger partial charge >= 0.3 is 0 Å². The summed E-state index contributed by atoms with van der Waals surface area (Å²) in [6, 6.07) is 6.78. The van der Waals surface area contributed by atoms with E-state index in [0.717, 1.165) is 75.8 Å². The van der Waals surface area contributed by atoms with E-state index in [4.69, 9.17) is 9.73 Å². The van der Waals surface area contributed by atoms with Crippen molar-refractivity contribution in [2.24, 2.45) is 4.99 Å². The van der Waals surface area contributed by atoms with Gasteiger partial charge in [0.1, 0.15) is 5.75 Å². The van der Waals surface area contributed by atoms with E-state index in [1.54, 1.807) is 7.11 Å². The summed E-state index contributed by atoms with van der Waals surface area (Å²) in [7, 11) is 1.71. The molecule has 0 unspecified atom stereocenters. The van der Waals surface area contributed by atoms with E-state index in [9.17, 15) is 4.79 Å². The van der Waals surface area contributed by atoms with E-state index in [0.29, 0.717) is 12.6 Å². The van der Waals surface area contributed by atoms with Crippen LogP contribution in [0.15, 0.2) is 23.2 Å². The van der Waals surface area contributed by atoms with E-state index in [-0.39, 0.29) is 29.9 Å². The zero-order valence-electron chi connectivity index (χ0n) is 18.4. The number of carbonyl (C=O) groups is 1. The number of carbonyl (C=O) groups excluding carboxylic acids is 1. The summed E-state index contributed by atoms with van der Waals surface area (Å²) in [5.74, 6) is 2.06. The van der Waals surface area contributed by atoms with Crippen LogP contribution < -0.4 is 15.4 Å². The highest BCUT2D eigenvalue weighted by Crippen LogP contribution is 2.19. The van der Waals surface area contributed by atoms with Crippen LogP contribution in [0.25, 0.3) is 0 Å². The molecule has 3 rings (SSSR count). The van der Waals surface area contributed by atoms with Crippen molar-refractivity contribution in [3.8, 4) is 5.75 Å². The van der Waals surface area contributed by atoms with Crippen molar-refractivity contribution in [1.29, 1.82) is 0 Å². The highest BCUT2D eigenvalue weighted by Gasteiger charge is 2.25. The number of rotatable bonds is 8. The van der Waals surface area contributed by atoms with Crippen molar-refractivity contribution in [2.75, 3.05) is 52.9 Å². The topological polar surface area (TPSA) is 69.2 Å². The number of methoxy groups -OCH3 is 1. The number of benzene rings is 1. The van der Waals surface area contributed by atoms with Gasteiger partial charge in [-0.1, -0.05) is 12.1 Å². The number of ether oxygens (including phenoxy) is 1. The number of hydrogen-bond acceptors (Lipinski definition) is 4. The molecule has 1 aromatic rings. The molecule has 1 saturated heterocycles. The van der Waals surface area contributed by atoms with Crippen LogP contribution in [0.4, 0.5) is 0 Å². The fourth-order valence-electron chi connectivity index (χ4n) is 3.56. The van der Waals surface area contributed by atoms with Crippen LogP contribution in [0, 0.1) is 6.92 Å². The summed E-state index contributed by atoms with van der Waals surface area (Å²) in [4.78, 5) is 21.4. The van der Waals surface area contributed by atoms with Crippen molar-refractivity contribution in [3.05, 3.63) is 29.3 Å². The normalized spacial score (nSPS) is 17.3. The molecule has 0 bridgehead atoms. The molecular formula is C22H36IN5O2. The van der Waals surface area contributed by atoms with Crippen LogP contribution in [0.1, 0.15) is 30.9 Å². The van der Waals surface area contributed by atoms with Gasteiger partial charge in [0, 0.05) is 45.3 Å². The first kappa shape index (κ1) is 24.7. The molecule has 2 N–H and O–H groups in total. The van der Waals surface area contributed by atoms with E-state index >= 15 is 0 Å². The van der Waals surface area contributed by atoms with Gasteiger partial charge in [-0.15, -0.1) is 24.0 Å². The molecule has 1 aliphatic carbocycles. The molecule has 2 fully saturated rings. The van der Waals surface area contributed by atoms with Crippen LogP contribution in [0.2, 0.25) is 0 Å². The Balaban J connectivity index is 0.00000320. The summed E-state index contributed by atoms with van der Waals surface area (Å²) in [6.07, 6.45) is 3.15. The lowest BCUT2D eigenvalue weighted by Crippen LogP contribution is -2.54. The molecule has 1 aromatic carbocycles. The maximum atomic E-state index is 12.0. The molecule has 8 heteroatoms. The van der Waals surface area contributed by atoms with E-state index in [1.165, 1.54) is 5.56 Å². The number of guanidine groups is 1. The van der Waals surface area contributed by atoms with E-state index < -0.39 is 0 Å². The lowest BCUT2D eigenvalue weighted by atomic mass is 10.1. The predicted octanol–water partition coefficient (Wildman–Crippen LogP) is 2.03. The summed E-state index contributed by atoms with van der Waals surface area (Å²) >= 11 is 0. The van der Waals surface area contributed by atoms with Crippen molar-refractivity contribution < 1.29 is 9.53 Å². The monoisotopic (exact) mass is 529 g/mol. The number of hydrogen-bond donors (Lipinski definition) is 2. The third-order valence-corrected chi connectivity index (χ3v) is 5.45. The predicted molar refractivity (Wildman–Crippen MR) is 132 cm³/mol. The number of piperazine rings is 1. The minimum Gasteiger partial charge on any atom is -0.496 e. The summed E-state index contributed by atoms with van der Waals surface area (Å²) in [5.41, 5.74) is 2.38. The third kappa shape index (κ3) is 7.61. The number of halogens is 1. The van der Waals surface area contributed by atoms with Crippen LogP contribution in [0.5, 0.6) is 5.75 Å². The van der Waals surface area contributed by atoms with Gasteiger partial charge in [0.05, 0.1) is 13.7 Å². The SMILES string of the molecule is CCNC(=NCCc1ccc(C)c(OC)c1)N1CCN(CC(=O)NC2CC2)CC1.I. The smallest absolute Gasteiger partial charge is 0.234 e. The molecule has 7 nitrogen and oxygen atoms in total. The van der Waals surface area contributed by atoms with Gasteiger partial charge in [-0.05, 0) is 50.3 Å². The third-order valence-electron chi connectivity index (χ3n) is 5.45. The molecule has 0 aromatic heterocycles. The molecule has 1 aliphatic heterocycles. The van der Waals surface area contributed by atoms with E-state index in [1.807, 2.05) is 0 Å². The Morgan fingerprint density at radius 3 is 2.60 bits per heavy atom. The number of amides is 1.